The van der Waals surface area contributed by atoms with Crippen molar-refractivity contribution in [2.24, 2.45) is 0 Å². The number of anilines is 2. The van der Waals surface area contributed by atoms with E-state index in [0.717, 1.165) is 37.4 Å². The largest absolute Gasteiger partial charge is 0.383 e. The minimum absolute atomic E-state index is 0.254. The summed E-state index contributed by atoms with van der Waals surface area (Å²) in [5, 5.41) is 6.72. The lowest BCUT2D eigenvalue weighted by Gasteiger charge is -2.19. The Morgan fingerprint density at radius 3 is 2.48 bits per heavy atom. The number of ether oxygens (including phenoxy) is 2. The summed E-state index contributed by atoms with van der Waals surface area (Å²) in [4.78, 5) is 8.93. The maximum atomic E-state index is 5.26. The van der Waals surface area contributed by atoms with Gasteiger partial charge in [0.25, 0.3) is 0 Å². The number of hydrogen-bond acceptors (Lipinski definition) is 6. The van der Waals surface area contributed by atoms with E-state index in [0.29, 0.717) is 19.0 Å². The van der Waals surface area contributed by atoms with Crippen LogP contribution >= 0.6 is 0 Å². The zero-order chi connectivity index (χ0) is 15.5. The predicted octanol–water partition coefficient (Wildman–Crippen LogP) is 2.67. The summed E-state index contributed by atoms with van der Waals surface area (Å²) >= 11 is 0. The number of nitrogens with one attached hydrogen (secondary N) is 2. The number of rotatable bonds is 11. The summed E-state index contributed by atoms with van der Waals surface area (Å²) in [5.41, 5.74) is 0. The number of nitrogens with zero attached hydrogens (tertiary/aromatic N) is 2. The fourth-order valence-electron chi connectivity index (χ4n) is 2.06. The molecule has 0 saturated carbocycles. The Hall–Kier alpha value is -1.40. The van der Waals surface area contributed by atoms with Crippen molar-refractivity contribution in [2.75, 3.05) is 38.0 Å². The van der Waals surface area contributed by atoms with E-state index >= 15 is 0 Å². The molecule has 0 radical (unpaired) electrons. The molecular weight excluding hydrogens is 268 g/mol. The first-order chi connectivity index (χ1) is 10.2. The molecule has 1 aromatic heterocycles. The monoisotopic (exact) mass is 296 g/mol. The first-order valence-corrected chi connectivity index (χ1v) is 7.59. The molecule has 21 heavy (non-hydrogen) atoms. The molecule has 0 amide bonds. The molecule has 0 aliphatic carbocycles. The minimum Gasteiger partial charge on any atom is -0.383 e. The zero-order valence-corrected chi connectivity index (χ0v) is 13.6. The van der Waals surface area contributed by atoms with Crippen LogP contribution in [-0.4, -0.2) is 43.4 Å². The van der Waals surface area contributed by atoms with Crippen LogP contribution in [0.25, 0.3) is 0 Å². The molecule has 1 unspecified atom stereocenters. The molecule has 0 bridgehead atoms. The molecule has 1 atom stereocenters. The van der Waals surface area contributed by atoms with E-state index < -0.39 is 0 Å². The molecule has 0 spiro atoms. The number of hydrogen-bond donors (Lipinski definition) is 2. The molecule has 0 aliphatic heterocycles. The predicted molar refractivity (Wildman–Crippen MR) is 85.7 cm³/mol. The standard InChI is InChI=1S/C15H28N4O2/c1-5-7-12(10-20-3)17-14-9-13(16-8-6-2)18-15(19-14)11-21-4/h9,12H,5-8,10-11H2,1-4H3,(H2,16,17,18,19). The molecule has 6 heteroatoms. The van der Waals surface area contributed by atoms with E-state index in [-0.39, 0.29) is 6.04 Å². The van der Waals surface area contributed by atoms with Crippen LogP contribution in [0, 0.1) is 0 Å². The van der Waals surface area contributed by atoms with E-state index in [2.05, 4.69) is 34.4 Å². The Morgan fingerprint density at radius 1 is 1.10 bits per heavy atom. The summed E-state index contributed by atoms with van der Waals surface area (Å²) in [6.07, 6.45) is 3.18. The lowest BCUT2D eigenvalue weighted by molar-refractivity contribution is 0.177. The van der Waals surface area contributed by atoms with Crippen LogP contribution in [0.3, 0.4) is 0 Å². The fourth-order valence-corrected chi connectivity index (χ4v) is 2.06. The molecule has 1 aromatic rings. The van der Waals surface area contributed by atoms with Crippen LogP contribution in [0.15, 0.2) is 6.07 Å². The van der Waals surface area contributed by atoms with Gasteiger partial charge in [0.15, 0.2) is 5.82 Å². The van der Waals surface area contributed by atoms with Gasteiger partial charge in [0, 0.05) is 26.8 Å². The van der Waals surface area contributed by atoms with Gasteiger partial charge in [0.05, 0.1) is 12.6 Å². The van der Waals surface area contributed by atoms with Gasteiger partial charge in [-0.25, -0.2) is 9.97 Å². The maximum Gasteiger partial charge on any atom is 0.158 e. The highest BCUT2D eigenvalue weighted by atomic mass is 16.5. The van der Waals surface area contributed by atoms with Gasteiger partial charge in [-0.2, -0.15) is 0 Å². The van der Waals surface area contributed by atoms with Crippen molar-refractivity contribution in [2.45, 2.75) is 45.8 Å². The molecule has 0 aromatic carbocycles. The minimum atomic E-state index is 0.254. The zero-order valence-electron chi connectivity index (χ0n) is 13.6. The molecule has 0 saturated heterocycles. The maximum absolute atomic E-state index is 5.26. The summed E-state index contributed by atoms with van der Waals surface area (Å²) in [6.45, 7) is 6.24. The van der Waals surface area contributed by atoms with Crippen LogP contribution in [0.2, 0.25) is 0 Å². The van der Waals surface area contributed by atoms with Crippen LogP contribution in [0.5, 0.6) is 0 Å². The smallest absolute Gasteiger partial charge is 0.158 e. The summed E-state index contributed by atoms with van der Waals surface area (Å²) in [6, 6.07) is 2.19. The van der Waals surface area contributed by atoms with E-state index in [1.54, 1.807) is 14.2 Å². The number of methoxy groups -OCH3 is 2. The Balaban J connectivity index is 2.83. The molecule has 1 heterocycles. The van der Waals surface area contributed by atoms with Crippen molar-refractivity contribution < 1.29 is 9.47 Å². The summed E-state index contributed by atoms with van der Waals surface area (Å²) in [7, 11) is 3.36. The van der Waals surface area contributed by atoms with Gasteiger partial charge < -0.3 is 20.1 Å². The Bertz CT molecular complexity index is 395. The Morgan fingerprint density at radius 2 is 1.86 bits per heavy atom. The van der Waals surface area contributed by atoms with Crippen molar-refractivity contribution in [3.05, 3.63) is 11.9 Å². The lowest BCUT2D eigenvalue weighted by atomic mass is 10.2. The van der Waals surface area contributed by atoms with Crippen LogP contribution in [0.4, 0.5) is 11.6 Å². The molecule has 2 N–H and O–H groups in total. The summed E-state index contributed by atoms with van der Waals surface area (Å²) < 4.78 is 10.4. The van der Waals surface area contributed by atoms with Crippen molar-refractivity contribution in [1.82, 2.24) is 9.97 Å². The topological polar surface area (TPSA) is 68.3 Å². The average molecular weight is 296 g/mol. The Labute approximate surface area is 127 Å². The fraction of sp³-hybridized carbons (Fsp3) is 0.733. The first-order valence-electron chi connectivity index (χ1n) is 7.59. The number of aromatic nitrogens is 2. The molecule has 0 aliphatic rings. The van der Waals surface area contributed by atoms with Crippen molar-refractivity contribution in [3.8, 4) is 0 Å². The molecular formula is C15H28N4O2. The second-order valence-electron chi connectivity index (χ2n) is 5.00. The SMILES string of the molecule is CCCNc1cc(NC(CCC)COC)nc(COC)n1. The van der Waals surface area contributed by atoms with Gasteiger partial charge in [-0.05, 0) is 12.8 Å². The van der Waals surface area contributed by atoms with Crippen LogP contribution in [-0.2, 0) is 16.1 Å². The molecule has 120 valence electrons. The van der Waals surface area contributed by atoms with E-state index in [1.165, 1.54) is 0 Å². The Kier molecular flexibility index (Phi) is 8.69. The van der Waals surface area contributed by atoms with Crippen molar-refractivity contribution in [3.63, 3.8) is 0 Å². The quantitative estimate of drug-likeness (QED) is 0.654. The first kappa shape index (κ1) is 17.7. The molecule has 1 rings (SSSR count). The van der Waals surface area contributed by atoms with Crippen LogP contribution < -0.4 is 10.6 Å². The van der Waals surface area contributed by atoms with Crippen LogP contribution in [0.1, 0.15) is 38.9 Å². The van der Waals surface area contributed by atoms with Gasteiger partial charge in [-0.3, -0.25) is 0 Å². The third-order valence-corrected chi connectivity index (χ3v) is 2.96. The summed E-state index contributed by atoms with van der Waals surface area (Å²) in [5.74, 6) is 2.31. The van der Waals surface area contributed by atoms with E-state index in [9.17, 15) is 0 Å². The van der Waals surface area contributed by atoms with Crippen molar-refractivity contribution >= 4 is 11.6 Å². The highest BCUT2D eigenvalue weighted by Gasteiger charge is 2.10. The average Bonchev–Trinajstić information content (AvgIpc) is 2.46. The van der Waals surface area contributed by atoms with Crippen molar-refractivity contribution in [1.29, 1.82) is 0 Å². The third kappa shape index (κ3) is 6.73. The van der Waals surface area contributed by atoms with Gasteiger partial charge in [0.2, 0.25) is 0 Å². The molecule has 6 nitrogen and oxygen atoms in total. The second-order valence-corrected chi connectivity index (χ2v) is 5.00. The van der Waals surface area contributed by atoms with E-state index in [1.807, 2.05) is 6.07 Å². The second kappa shape index (κ2) is 10.3. The normalized spacial score (nSPS) is 12.2. The van der Waals surface area contributed by atoms with Gasteiger partial charge in [-0.1, -0.05) is 20.3 Å². The third-order valence-electron chi connectivity index (χ3n) is 2.96. The van der Waals surface area contributed by atoms with Gasteiger partial charge in [0.1, 0.15) is 18.2 Å². The van der Waals surface area contributed by atoms with Gasteiger partial charge in [-0.15, -0.1) is 0 Å². The highest BCUT2D eigenvalue weighted by molar-refractivity contribution is 5.48. The lowest BCUT2D eigenvalue weighted by Crippen LogP contribution is -2.25. The van der Waals surface area contributed by atoms with E-state index in [4.69, 9.17) is 9.47 Å². The highest BCUT2D eigenvalue weighted by Crippen LogP contribution is 2.14. The molecule has 0 fully saturated rings. The van der Waals surface area contributed by atoms with Gasteiger partial charge >= 0.3 is 0 Å².